The zero-order chi connectivity index (χ0) is 53.9. The minimum absolute atomic E-state index is 0.0165. The molecule has 4 heteroatoms. The van der Waals surface area contributed by atoms with Crippen LogP contribution in [0.5, 0.6) is 0 Å². The molecular weight excluding hydrogens is 918 g/mol. The largest absolute Gasteiger partial charge is 0.334 e. The molecule has 4 aliphatic heterocycles. The molecule has 4 aliphatic carbocycles. The van der Waals surface area contributed by atoms with Crippen LogP contribution in [0.3, 0.4) is 0 Å². The molecule has 6 aromatic rings. The molecule has 4 heterocycles. The first-order valence-electron chi connectivity index (χ1n) is 29.7. The van der Waals surface area contributed by atoms with Crippen LogP contribution in [-0.4, -0.2) is 12.3 Å². The Kier molecular flexibility index (Phi) is 9.38. The highest BCUT2D eigenvalue weighted by Gasteiger charge is 2.63. The Labute approximate surface area is 458 Å². The van der Waals surface area contributed by atoms with E-state index in [4.69, 9.17) is 0 Å². The summed E-state index contributed by atoms with van der Waals surface area (Å²) < 4.78 is 0. The van der Waals surface area contributed by atoms with Gasteiger partial charge in [0.15, 0.2) is 0 Å². The Morgan fingerprint density at radius 1 is 0.461 bits per heavy atom. The van der Waals surface area contributed by atoms with Crippen molar-refractivity contribution in [3.8, 4) is 0 Å². The van der Waals surface area contributed by atoms with E-state index in [1.165, 1.54) is 132 Å². The minimum Gasteiger partial charge on any atom is -0.334 e. The maximum atomic E-state index is 2.89. The zero-order valence-electron chi connectivity index (χ0n) is 50.0. The van der Waals surface area contributed by atoms with Gasteiger partial charge in [0.1, 0.15) is 0 Å². The lowest BCUT2D eigenvalue weighted by molar-refractivity contribution is 0.0840. The van der Waals surface area contributed by atoms with E-state index in [9.17, 15) is 0 Å². The molecule has 76 heavy (non-hydrogen) atoms. The highest BCUT2D eigenvalue weighted by Crippen LogP contribution is 2.67. The van der Waals surface area contributed by atoms with Crippen molar-refractivity contribution in [1.29, 1.82) is 0 Å². The molecule has 6 aromatic carbocycles. The van der Waals surface area contributed by atoms with Gasteiger partial charge in [-0.1, -0.05) is 140 Å². The highest BCUT2D eigenvalue weighted by atomic mass is 15.3. The Balaban J connectivity index is 1.11. The van der Waals surface area contributed by atoms with Gasteiger partial charge >= 0.3 is 0 Å². The summed E-state index contributed by atoms with van der Waals surface area (Å²) in [4.78, 5) is 8.45. The van der Waals surface area contributed by atoms with Crippen LogP contribution < -0.4 is 31.1 Å². The first-order valence-corrected chi connectivity index (χ1v) is 29.7. The monoisotopic (exact) mass is 1000 g/mol. The Morgan fingerprint density at radius 3 is 1.58 bits per heavy atom. The van der Waals surface area contributed by atoms with Crippen LogP contribution in [0.1, 0.15) is 217 Å². The van der Waals surface area contributed by atoms with E-state index in [-0.39, 0.29) is 55.6 Å². The fraction of sp³-hybridized carbons (Fsp3) is 0.500. The van der Waals surface area contributed by atoms with Gasteiger partial charge in [-0.25, -0.2) is 0 Å². The molecule has 3 nitrogen and oxygen atoms in total. The molecule has 0 aromatic heterocycles. The van der Waals surface area contributed by atoms with Crippen molar-refractivity contribution < 1.29 is 0 Å². The Hall–Kier alpha value is -5.22. The van der Waals surface area contributed by atoms with Crippen molar-refractivity contribution in [1.82, 2.24) is 0 Å². The first-order chi connectivity index (χ1) is 35.3. The lowest BCUT2D eigenvalue weighted by Crippen LogP contribution is -2.62. The van der Waals surface area contributed by atoms with Gasteiger partial charge in [-0.15, -0.1) is 0 Å². The summed E-state index contributed by atoms with van der Waals surface area (Å²) in [6, 6.07) is 36.7. The lowest BCUT2D eigenvalue weighted by Gasteiger charge is -2.58. The summed E-state index contributed by atoms with van der Waals surface area (Å²) >= 11 is 0. The van der Waals surface area contributed by atoms with Crippen LogP contribution in [-0.2, 0) is 43.3 Å². The van der Waals surface area contributed by atoms with E-state index in [0.717, 1.165) is 19.3 Å². The summed E-state index contributed by atoms with van der Waals surface area (Å²) in [6.45, 7) is 47.4. The van der Waals surface area contributed by atoms with Gasteiger partial charge in [-0.2, -0.15) is 0 Å². The fourth-order valence-corrected chi connectivity index (χ4v) is 19.0. The second-order valence-corrected chi connectivity index (χ2v) is 31.4. The average molecular weight is 1000 g/mol. The standard InChI is InChI=1S/C72H86BN3/c1-41-28-61-63-62(29-41)75(57-35-50-47(30-42(57)2)66(9,10)39-68(50,13)14)60-36-51-49(67(11,12)40-69(51,15)16)34-55(60)73(63)54-22-21-46-33-59(54)74(61)58-37-52-48(31-43(58)3)65(7,8)26-27-70(52,17)45-24-25-71(18)53-32-44(64(4,5)6)20-23-56(53)76(46)72(71,19)38-45/h20-23,28-37,45H,24-27,38-40H2,1-19H3. The van der Waals surface area contributed by atoms with Gasteiger partial charge in [-0.05, 0) is 243 Å². The molecule has 14 rings (SSSR count). The normalized spacial score (nSPS) is 27.5. The molecule has 392 valence electrons. The van der Waals surface area contributed by atoms with E-state index < -0.39 is 0 Å². The number of hydrogen-bond donors (Lipinski definition) is 0. The van der Waals surface area contributed by atoms with Crippen molar-refractivity contribution in [2.75, 3.05) is 14.7 Å². The average Bonchev–Trinajstić information content (AvgIpc) is 3.75. The predicted molar refractivity (Wildman–Crippen MR) is 326 cm³/mol. The van der Waals surface area contributed by atoms with E-state index in [1.54, 1.807) is 16.7 Å². The molecule has 0 saturated heterocycles. The number of anilines is 8. The highest BCUT2D eigenvalue weighted by molar-refractivity contribution is 7.00. The smallest absolute Gasteiger partial charge is 0.252 e. The van der Waals surface area contributed by atoms with E-state index in [1.807, 2.05) is 0 Å². The molecule has 6 bridgehead atoms. The molecule has 0 N–H and O–H groups in total. The summed E-state index contributed by atoms with van der Waals surface area (Å²) in [7, 11) is 0. The van der Waals surface area contributed by atoms with Crippen molar-refractivity contribution in [2.45, 2.75) is 225 Å². The Morgan fingerprint density at radius 2 is 0.987 bits per heavy atom. The number of nitrogens with zero attached hydrogens (tertiary/aromatic N) is 3. The summed E-state index contributed by atoms with van der Waals surface area (Å²) in [6.07, 6.45) is 8.30. The third-order valence-corrected chi connectivity index (χ3v) is 23.0. The zero-order valence-corrected chi connectivity index (χ0v) is 50.0. The van der Waals surface area contributed by atoms with E-state index in [0.29, 0.717) is 5.92 Å². The fourth-order valence-electron chi connectivity index (χ4n) is 19.0. The van der Waals surface area contributed by atoms with Gasteiger partial charge in [0, 0.05) is 50.9 Å². The third-order valence-electron chi connectivity index (χ3n) is 23.0. The van der Waals surface area contributed by atoms with Crippen LogP contribution in [0, 0.1) is 26.7 Å². The second-order valence-electron chi connectivity index (χ2n) is 31.4. The van der Waals surface area contributed by atoms with E-state index in [2.05, 4.69) is 231 Å². The maximum absolute atomic E-state index is 2.89. The number of aryl methyl sites for hydroxylation is 3. The molecule has 8 aliphatic rings. The second kappa shape index (κ2) is 14.5. The van der Waals surface area contributed by atoms with Crippen molar-refractivity contribution in [3.05, 3.63) is 146 Å². The molecule has 0 radical (unpaired) electrons. The van der Waals surface area contributed by atoms with Gasteiger partial charge < -0.3 is 14.7 Å². The number of rotatable bonds is 1. The van der Waals surface area contributed by atoms with Crippen LogP contribution in [0.15, 0.2) is 84.9 Å². The molecule has 1 fully saturated rings. The molecule has 1 saturated carbocycles. The van der Waals surface area contributed by atoms with Crippen molar-refractivity contribution >= 4 is 68.6 Å². The van der Waals surface area contributed by atoms with Gasteiger partial charge in [-0.3, -0.25) is 0 Å². The number of benzene rings is 6. The quantitative estimate of drug-likeness (QED) is 0.152. The summed E-state index contributed by atoms with van der Waals surface area (Å²) in [5.41, 5.74) is 31.7. The van der Waals surface area contributed by atoms with Gasteiger partial charge in [0.25, 0.3) is 6.71 Å². The lowest BCUT2D eigenvalue weighted by atomic mass is 9.33. The third kappa shape index (κ3) is 6.09. The number of fused-ring (bicyclic) bond motifs is 15. The SMILES string of the molecule is Cc1cc2c3c(c1)N(c1cc4c(cc1C)C(C)(C)CC4(C)C)c1cc4c(cc1B3c1ccc3cc1N2c1cc2c(cc1C)C(C)(C)CCC2(C)C1CCC2(C)c5cc(C(C)(C)C)ccc5N3C2(C)C1)C(C)(C)CC4(C)C. The molecule has 4 unspecified atom stereocenters. The summed E-state index contributed by atoms with van der Waals surface area (Å²) in [5.74, 6) is 0.539. The van der Waals surface area contributed by atoms with Crippen LogP contribution in [0.4, 0.5) is 45.5 Å². The Bertz CT molecular complexity index is 3610. The summed E-state index contributed by atoms with van der Waals surface area (Å²) in [5, 5.41) is 0. The van der Waals surface area contributed by atoms with Crippen LogP contribution in [0.25, 0.3) is 0 Å². The van der Waals surface area contributed by atoms with Crippen LogP contribution in [0.2, 0.25) is 0 Å². The van der Waals surface area contributed by atoms with Crippen molar-refractivity contribution in [3.63, 3.8) is 0 Å². The number of hydrogen-bond acceptors (Lipinski definition) is 3. The first kappa shape index (κ1) is 49.1. The molecule has 4 atom stereocenters. The molecular formula is C72H86BN3. The predicted octanol–water partition coefficient (Wildman–Crippen LogP) is 17.2. The van der Waals surface area contributed by atoms with Crippen molar-refractivity contribution in [2.24, 2.45) is 5.92 Å². The van der Waals surface area contributed by atoms with Gasteiger partial charge in [0.2, 0.25) is 0 Å². The maximum Gasteiger partial charge on any atom is 0.252 e. The van der Waals surface area contributed by atoms with Gasteiger partial charge in [0.05, 0.1) is 5.54 Å². The van der Waals surface area contributed by atoms with Crippen LogP contribution >= 0.6 is 0 Å². The molecule has 0 amide bonds. The van der Waals surface area contributed by atoms with E-state index >= 15 is 0 Å². The molecule has 0 spiro atoms. The topological polar surface area (TPSA) is 9.72 Å². The minimum atomic E-state index is -0.138.